The van der Waals surface area contributed by atoms with Gasteiger partial charge < -0.3 is 4.90 Å². The molecule has 0 spiro atoms. The monoisotopic (exact) mass is 410 g/mol. The number of hydrogen-bond acceptors (Lipinski definition) is 3. The van der Waals surface area contributed by atoms with Crippen LogP contribution in [0.25, 0.3) is 0 Å². The smallest absolute Gasteiger partial charge is 0.340 e. The van der Waals surface area contributed by atoms with Crippen LogP contribution >= 0.6 is 11.6 Å². The minimum atomic E-state index is -4.74. The number of halogens is 4. The molecule has 0 bridgehead atoms. The molecule has 1 amide bonds. The number of alkyl halides is 3. The van der Waals surface area contributed by atoms with Crippen molar-refractivity contribution in [1.29, 1.82) is 0 Å². The van der Waals surface area contributed by atoms with Crippen LogP contribution in [0, 0.1) is 11.8 Å². The molecule has 1 aliphatic carbocycles. The third-order valence-electron chi connectivity index (χ3n) is 4.86. The Kier molecular flexibility index (Phi) is 5.00. The van der Waals surface area contributed by atoms with Crippen molar-refractivity contribution in [3.63, 3.8) is 0 Å². The molecular formula is C16H18ClF3N2O3S. The van der Waals surface area contributed by atoms with Crippen LogP contribution in [0.4, 0.5) is 13.2 Å². The predicted molar refractivity (Wildman–Crippen MR) is 89.1 cm³/mol. The van der Waals surface area contributed by atoms with Gasteiger partial charge in [-0.3, -0.25) is 4.79 Å². The van der Waals surface area contributed by atoms with Crippen LogP contribution in [0.1, 0.15) is 18.9 Å². The van der Waals surface area contributed by atoms with E-state index < -0.39 is 31.7 Å². The number of piperazine rings is 1. The van der Waals surface area contributed by atoms with E-state index in [1.54, 1.807) is 4.90 Å². The second-order valence-corrected chi connectivity index (χ2v) is 9.03. The third kappa shape index (κ3) is 3.70. The first-order chi connectivity index (χ1) is 12.0. The highest BCUT2D eigenvalue weighted by molar-refractivity contribution is 7.89. The number of benzene rings is 1. The normalized spacial score (nSPS) is 24.6. The van der Waals surface area contributed by atoms with E-state index in [-0.39, 0.29) is 38.0 Å². The lowest BCUT2D eigenvalue weighted by Crippen LogP contribution is -2.51. The predicted octanol–water partition coefficient (Wildman–Crippen LogP) is 2.85. The number of carbonyl (C=O) groups is 1. The van der Waals surface area contributed by atoms with Crippen LogP contribution in [0.3, 0.4) is 0 Å². The van der Waals surface area contributed by atoms with Gasteiger partial charge in [0.2, 0.25) is 15.9 Å². The summed E-state index contributed by atoms with van der Waals surface area (Å²) in [5, 5.41) is -0.551. The summed E-state index contributed by atoms with van der Waals surface area (Å²) in [5.74, 6) is 0.406. The fraction of sp³-hybridized carbons (Fsp3) is 0.562. The summed E-state index contributed by atoms with van der Waals surface area (Å²) in [6, 6.07) is 2.56. The van der Waals surface area contributed by atoms with Gasteiger partial charge >= 0.3 is 6.18 Å². The van der Waals surface area contributed by atoms with Crippen LogP contribution < -0.4 is 0 Å². The molecule has 144 valence electrons. The molecule has 5 nitrogen and oxygen atoms in total. The van der Waals surface area contributed by atoms with Crippen molar-refractivity contribution in [2.45, 2.75) is 24.4 Å². The zero-order chi connectivity index (χ0) is 19.3. The average Bonchev–Trinajstić information content (AvgIpc) is 3.30. The summed E-state index contributed by atoms with van der Waals surface area (Å²) < 4.78 is 65.4. The van der Waals surface area contributed by atoms with Crippen molar-refractivity contribution in [3.05, 3.63) is 28.8 Å². The van der Waals surface area contributed by atoms with Crippen molar-refractivity contribution in [2.24, 2.45) is 11.8 Å². The first kappa shape index (κ1) is 19.4. The van der Waals surface area contributed by atoms with Crippen molar-refractivity contribution < 1.29 is 26.4 Å². The first-order valence-corrected chi connectivity index (χ1v) is 9.99. The van der Waals surface area contributed by atoms with Crippen molar-refractivity contribution >= 4 is 27.5 Å². The molecule has 2 aliphatic rings. The number of hydrogen-bond donors (Lipinski definition) is 0. The molecule has 1 aromatic rings. The van der Waals surface area contributed by atoms with Gasteiger partial charge in [-0.2, -0.15) is 17.5 Å². The summed E-state index contributed by atoms with van der Waals surface area (Å²) >= 11 is 5.55. The molecule has 0 aromatic heterocycles. The molecule has 1 aromatic carbocycles. The maximum atomic E-state index is 13.0. The molecule has 2 fully saturated rings. The molecular weight excluding hydrogens is 393 g/mol. The SMILES string of the molecule is C[C@@H]1C[C@@H]1C(=O)N1CCN(S(=O)(=O)c2ccc(Cl)c(C(F)(F)F)c2)CC1. The van der Waals surface area contributed by atoms with Gasteiger partial charge in [-0.1, -0.05) is 18.5 Å². The summed E-state index contributed by atoms with van der Waals surface area (Å²) in [5.41, 5.74) is -1.18. The van der Waals surface area contributed by atoms with Crippen molar-refractivity contribution in [3.8, 4) is 0 Å². The maximum Gasteiger partial charge on any atom is 0.417 e. The van der Waals surface area contributed by atoms with Gasteiger partial charge in [0.1, 0.15) is 0 Å². The molecule has 0 unspecified atom stereocenters. The Morgan fingerprint density at radius 2 is 1.77 bits per heavy atom. The highest BCUT2D eigenvalue weighted by Crippen LogP contribution is 2.39. The Morgan fingerprint density at radius 3 is 2.27 bits per heavy atom. The summed E-state index contributed by atoms with van der Waals surface area (Å²) in [4.78, 5) is 13.4. The van der Waals surface area contributed by atoms with Crippen LogP contribution in [0.5, 0.6) is 0 Å². The van der Waals surface area contributed by atoms with E-state index >= 15 is 0 Å². The zero-order valence-electron chi connectivity index (χ0n) is 14.0. The van der Waals surface area contributed by atoms with Gasteiger partial charge in [0.25, 0.3) is 0 Å². The van der Waals surface area contributed by atoms with Gasteiger partial charge in [0.15, 0.2) is 0 Å². The highest BCUT2D eigenvalue weighted by Gasteiger charge is 2.43. The molecule has 26 heavy (non-hydrogen) atoms. The Hall–Kier alpha value is -1.32. The molecule has 10 heteroatoms. The molecule has 3 rings (SSSR count). The van der Waals surface area contributed by atoms with Crippen LogP contribution in [0.15, 0.2) is 23.1 Å². The quantitative estimate of drug-likeness (QED) is 0.770. The topological polar surface area (TPSA) is 57.7 Å². The van der Waals surface area contributed by atoms with Crippen molar-refractivity contribution in [2.75, 3.05) is 26.2 Å². The lowest BCUT2D eigenvalue weighted by Gasteiger charge is -2.34. The molecule has 0 radical (unpaired) electrons. The zero-order valence-corrected chi connectivity index (χ0v) is 15.5. The second-order valence-electron chi connectivity index (χ2n) is 6.69. The third-order valence-corrected chi connectivity index (χ3v) is 7.08. The van der Waals surface area contributed by atoms with E-state index in [0.717, 1.165) is 22.9 Å². The van der Waals surface area contributed by atoms with Gasteiger partial charge in [0, 0.05) is 32.1 Å². The first-order valence-electron chi connectivity index (χ1n) is 8.17. The number of nitrogens with zero attached hydrogens (tertiary/aromatic N) is 2. The average molecular weight is 411 g/mol. The molecule has 1 saturated heterocycles. The molecule has 2 atom stereocenters. The van der Waals surface area contributed by atoms with Crippen LogP contribution in [-0.4, -0.2) is 49.7 Å². The molecule has 1 aliphatic heterocycles. The molecule has 1 heterocycles. The van der Waals surface area contributed by atoms with Gasteiger partial charge in [-0.15, -0.1) is 0 Å². The van der Waals surface area contributed by atoms with Crippen LogP contribution in [0.2, 0.25) is 5.02 Å². The summed E-state index contributed by atoms with van der Waals surface area (Å²) in [6.45, 7) is 2.57. The van der Waals surface area contributed by atoms with E-state index in [2.05, 4.69) is 0 Å². The molecule has 0 N–H and O–H groups in total. The number of sulfonamides is 1. The number of amides is 1. The minimum Gasteiger partial charge on any atom is -0.340 e. The van der Waals surface area contributed by atoms with Crippen molar-refractivity contribution in [1.82, 2.24) is 9.21 Å². The van der Waals surface area contributed by atoms with Gasteiger partial charge in [-0.25, -0.2) is 8.42 Å². The standard InChI is InChI=1S/C16H18ClF3N2O3S/c1-10-8-12(10)15(23)21-4-6-22(7-5-21)26(24,25)11-2-3-14(17)13(9-11)16(18,19)20/h2-3,9-10,12H,4-8H2,1H3/t10-,12+/m1/s1. The fourth-order valence-corrected chi connectivity index (χ4v) is 4.75. The van der Waals surface area contributed by atoms with E-state index in [4.69, 9.17) is 11.6 Å². The second kappa shape index (κ2) is 6.69. The Labute approximate surface area is 154 Å². The number of rotatable bonds is 3. The van der Waals surface area contributed by atoms with Gasteiger partial charge in [-0.05, 0) is 30.5 Å². The largest absolute Gasteiger partial charge is 0.417 e. The van der Waals surface area contributed by atoms with E-state index in [9.17, 15) is 26.4 Å². The highest BCUT2D eigenvalue weighted by atomic mass is 35.5. The van der Waals surface area contributed by atoms with E-state index in [1.165, 1.54) is 0 Å². The lowest BCUT2D eigenvalue weighted by molar-refractivity contribution is -0.137. The van der Waals surface area contributed by atoms with Crippen LogP contribution in [-0.2, 0) is 21.0 Å². The fourth-order valence-electron chi connectivity index (χ4n) is 3.08. The Balaban J connectivity index is 1.74. The summed E-state index contributed by atoms with van der Waals surface area (Å²) in [6.07, 6.45) is -3.89. The molecule has 1 saturated carbocycles. The van der Waals surface area contributed by atoms with E-state index in [1.807, 2.05) is 6.92 Å². The minimum absolute atomic E-state index is 0.0174. The summed E-state index contributed by atoms with van der Waals surface area (Å²) in [7, 11) is -4.09. The Bertz CT molecular complexity index is 821. The van der Waals surface area contributed by atoms with Gasteiger partial charge in [0.05, 0.1) is 15.5 Å². The lowest BCUT2D eigenvalue weighted by atomic mass is 10.2. The Morgan fingerprint density at radius 1 is 1.19 bits per heavy atom. The van der Waals surface area contributed by atoms with E-state index in [0.29, 0.717) is 12.0 Å². The maximum absolute atomic E-state index is 13.0. The number of carbonyl (C=O) groups excluding carboxylic acids is 1.